The lowest BCUT2D eigenvalue weighted by molar-refractivity contribution is 0.311. The molecular formula is C16H20BrN3. The molecule has 0 aliphatic heterocycles. The van der Waals surface area contributed by atoms with E-state index in [2.05, 4.69) is 45.0 Å². The maximum absolute atomic E-state index is 6.23. The molecule has 1 aromatic heterocycles. The van der Waals surface area contributed by atoms with Crippen LogP contribution < -0.4 is 5.73 Å². The van der Waals surface area contributed by atoms with Crippen molar-refractivity contribution < 1.29 is 0 Å². The van der Waals surface area contributed by atoms with E-state index in [1.165, 1.54) is 11.1 Å². The van der Waals surface area contributed by atoms with Gasteiger partial charge in [-0.05, 0) is 55.4 Å². The summed E-state index contributed by atoms with van der Waals surface area (Å²) >= 11 is 3.44. The molecule has 2 aromatic rings. The van der Waals surface area contributed by atoms with Crippen molar-refractivity contribution in [3.05, 3.63) is 64.4 Å². The summed E-state index contributed by atoms with van der Waals surface area (Å²) in [5, 5.41) is 0. The van der Waals surface area contributed by atoms with Gasteiger partial charge in [-0.15, -0.1) is 0 Å². The number of benzene rings is 1. The molecule has 4 heteroatoms. The highest BCUT2D eigenvalue weighted by molar-refractivity contribution is 9.10. The zero-order valence-corrected chi connectivity index (χ0v) is 13.3. The molecule has 106 valence electrons. The Morgan fingerprint density at radius 1 is 1.15 bits per heavy atom. The van der Waals surface area contributed by atoms with Crippen molar-refractivity contribution in [3.8, 4) is 0 Å². The van der Waals surface area contributed by atoms with E-state index in [1.807, 2.05) is 36.7 Å². The van der Waals surface area contributed by atoms with Gasteiger partial charge in [0, 0.05) is 29.5 Å². The second-order valence-electron chi connectivity index (χ2n) is 5.04. The minimum atomic E-state index is 0.0861. The average molecular weight is 334 g/mol. The van der Waals surface area contributed by atoms with E-state index < -0.39 is 0 Å². The lowest BCUT2D eigenvalue weighted by atomic mass is 10.0. The third-order valence-electron chi connectivity index (χ3n) is 3.32. The van der Waals surface area contributed by atoms with Crippen LogP contribution >= 0.6 is 15.9 Å². The van der Waals surface area contributed by atoms with Crippen LogP contribution in [0.4, 0.5) is 0 Å². The number of pyridine rings is 1. The SMILES string of the molecule is CN(CCC(N)c1ccc(Br)cc1)Cc1ccncc1. The normalized spacial score (nSPS) is 12.6. The molecule has 0 saturated carbocycles. The summed E-state index contributed by atoms with van der Waals surface area (Å²) < 4.78 is 1.09. The fourth-order valence-electron chi connectivity index (χ4n) is 2.12. The molecular weight excluding hydrogens is 314 g/mol. The summed E-state index contributed by atoms with van der Waals surface area (Å²) in [7, 11) is 2.12. The van der Waals surface area contributed by atoms with Gasteiger partial charge in [0.2, 0.25) is 0 Å². The van der Waals surface area contributed by atoms with Crippen LogP contribution in [0.1, 0.15) is 23.6 Å². The molecule has 0 saturated heterocycles. The minimum Gasteiger partial charge on any atom is -0.324 e. The number of hydrogen-bond acceptors (Lipinski definition) is 3. The van der Waals surface area contributed by atoms with E-state index in [0.29, 0.717) is 0 Å². The summed E-state index contributed by atoms with van der Waals surface area (Å²) in [6.07, 6.45) is 4.61. The summed E-state index contributed by atoms with van der Waals surface area (Å²) in [4.78, 5) is 6.32. The van der Waals surface area contributed by atoms with Crippen LogP contribution in [-0.2, 0) is 6.54 Å². The third-order valence-corrected chi connectivity index (χ3v) is 3.85. The van der Waals surface area contributed by atoms with Gasteiger partial charge in [0.15, 0.2) is 0 Å². The van der Waals surface area contributed by atoms with Crippen molar-refractivity contribution in [1.82, 2.24) is 9.88 Å². The maximum Gasteiger partial charge on any atom is 0.0307 e. The van der Waals surface area contributed by atoms with E-state index in [1.54, 1.807) is 0 Å². The molecule has 2 N–H and O–H groups in total. The van der Waals surface area contributed by atoms with E-state index in [9.17, 15) is 0 Å². The Balaban J connectivity index is 1.81. The molecule has 1 heterocycles. The Morgan fingerprint density at radius 2 is 1.80 bits per heavy atom. The van der Waals surface area contributed by atoms with Crippen LogP contribution in [0.3, 0.4) is 0 Å². The van der Waals surface area contributed by atoms with Gasteiger partial charge < -0.3 is 10.6 Å². The fraction of sp³-hybridized carbons (Fsp3) is 0.312. The van der Waals surface area contributed by atoms with E-state index >= 15 is 0 Å². The van der Waals surface area contributed by atoms with Crippen molar-refractivity contribution in [3.63, 3.8) is 0 Å². The number of aromatic nitrogens is 1. The molecule has 0 aliphatic carbocycles. The van der Waals surface area contributed by atoms with Crippen molar-refractivity contribution in [1.29, 1.82) is 0 Å². The van der Waals surface area contributed by atoms with Crippen molar-refractivity contribution >= 4 is 15.9 Å². The van der Waals surface area contributed by atoms with Gasteiger partial charge in [-0.1, -0.05) is 28.1 Å². The highest BCUT2D eigenvalue weighted by Crippen LogP contribution is 2.18. The first-order chi connectivity index (χ1) is 9.65. The first-order valence-corrected chi connectivity index (χ1v) is 7.53. The van der Waals surface area contributed by atoms with Crippen LogP contribution in [0.15, 0.2) is 53.3 Å². The number of halogens is 1. The van der Waals surface area contributed by atoms with Crippen LogP contribution in [0.5, 0.6) is 0 Å². The summed E-state index contributed by atoms with van der Waals surface area (Å²) in [5.41, 5.74) is 8.70. The molecule has 2 rings (SSSR count). The molecule has 0 radical (unpaired) electrons. The van der Waals surface area contributed by atoms with Gasteiger partial charge >= 0.3 is 0 Å². The van der Waals surface area contributed by atoms with Gasteiger partial charge in [-0.25, -0.2) is 0 Å². The minimum absolute atomic E-state index is 0.0861. The predicted octanol–water partition coefficient (Wildman–Crippen LogP) is 3.37. The molecule has 1 unspecified atom stereocenters. The van der Waals surface area contributed by atoms with E-state index in [0.717, 1.165) is 24.0 Å². The topological polar surface area (TPSA) is 42.1 Å². The highest BCUT2D eigenvalue weighted by atomic mass is 79.9. The van der Waals surface area contributed by atoms with E-state index in [-0.39, 0.29) is 6.04 Å². The Labute approximate surface area is 129 Å². The monoisotopic (exact) mass is 333 g/mol. The number of hydrogen-bond donors (Lipinski definition) is 1. The fourth-order valence-corrected chi connectivity index (χ4v) is 2.38. The van der Waals surface area contributed by atoms with E-state index in [4.69, 9.17) is 5.73 Å². The van der Waals surface area contributed by atoms with Crippen molar-refractivity contribution in [2.75, 3.05) is 13.6 Å². The molecule has 0 spiro atoms. The lowest BCUT2D eigenvalue weighted by Crippen LogP contribution is -2.23. The van der Waals surface area contributed by atoms with Crippen LogP contribution in [0.2, 0.25) is 0 Å². The Hall–Kier alpha value is -1.23. The van der Waals surface area contributed by atoms with Crippen LogP contribution in [-0.4, -0.2) is 23.5 Å². The first kappa shape index (κ1) is 15.2. The summed E-state index contributed by atoms with van der Waals surface area (Å²) in [5.74, 6) is 0. The molecule has 20 heavy (non-hydrogen) atoms. The molecule has 1 aromatic carbocycles. The second-order valence-corrected chi connectivity index (χ2v) is 5.96. The molecule has 0 fully saturated rings. The summed E-state index contributed by atoms with van der Waals surface area (Å²) in [6.45, 7) is 1.90. The Kier molecular flexibility index (Phi) is 5.71. The Morgan fingerprint density at radius 3 is 2.45 bits per heavy atom. The zero-order chi connectivity index (χ0) is 14.4. The van der Waals surface area contributed by atoms with Gasteiger partial charge in [-0.3, -0.25) is 4.98 Å². The molecule has 3 nitrogen and oxygen atoms in total. The smallest absolute Gasteiger partial charge is 0.0307 e. The van der Waals surface area contributed by atoms with Gasteiger partial charge in [0.05, 0.1) is 0 Å². The summed E-state index contributed by atoms with van der Waals surface area (Å²) in [6, 6.07) is 12.4. The lowest BCUT2D eigenvalue weighted by Gasteiger charge is -2.19. The molecule has 0 bridgehead atoms. The Bertz CT molecular complexity index is 513. The zero-order valence-electron chi connectivity index (χ0n) is 11.7. The van der Waals surface area contributed by atoms with Gasteiger partial charge in [0.25, 0.3) is 0 Å². The highest BCUT2D eigenvalue weighted by Gasteiger charge is 2.08. The number of rotatable bonds is 6. The molecule has 0 aliphatic rings. The van der Waals surface area contributed by atoms with Crippen LogP contribution in [0, 0.1) is 0 Å². The number of nitrogens with two attached hydrogens (primary N) is 1. The number of nitrogens with zero attached hydrogens (tertiary/aromatic N) is 2. The predicted molar refractivity (Wildman–Crippen MR) is 86.3 cm³/mol. The maximum atomic E-state index is 6.23. The molecule has 1 atom stereocenters. The average Bonchev–Trinajstić information content (AvgIpc) is 2.46. The van der Waals surface area contributed by atoms with Crippen LogP contribution in [0.25, 0.3) is 0 Å². The largest absolute Gasteiger partial charge is 0.324 e. The van der Waals surface area contributed by atoms with Crippen molar-refractivity contribution in [2.24, 2.45) is 5.73 Å². The second kappa shape index (κ2) is 7.53. The third kappa shape index (κ3) is 4.71. The first-order valence-electron chi connectivity index (χ1n) is 6.73. The quantitative estimate of drug-likeness (QED) is 0.881. The van der Waals surface area contributed by atoms with Gasteiger partial charge in [0.1, 0.15) is 0 Å². The molecule has 0 amide bonds. The van der Waals surface area contributed by atoms with Gasteiger partial charge in [-0.2, -0.15) is 0 Å². The standard InChI is InChI=1S/C16H20BrN3/c1-20(12-13-6-9-19-10-7-13)11-8-16(18)14-2-4-15(17)5-3-14/h2-7,9-10,16H,8,11-12,18H2,1H3. The van der Waals surface area contributed by atoms with Crippen molar-refractivity contribution in [2.45, 2.75) is 19.0 Å².